The van der Waals surface area contributed by atoms with Gasteiger partial charge >= 0.3 is 0 Å². The van der Waals surface area contributed by atoms with Gasteiger partial charge in [-0.15, -0.1) is 11.3 Å². The van der Waals surface area contributed by atoms with Gasteiger partial charge in [-0.05, 0) is 64.0 Å². The third kappa shape index (κ3) is 4.22. The van der Waals surface area contributed by atoms with Crippen LogP contribution in [0.3, 0.4) is 0 Å². The van der Waals surface area contributed by atoms with E-state index >= 15 is 0 Å². The minimum atomic E-state index is 0.129. The quantitative estimate of drug-likeness (QED) is 0.770. The Morgan fingerprint density at radius 2 is 2.20 bits per heavy atom. The molecule has 1 aromatic heterocycles. The highest BCUT2D eigenvalue weighted by atomic mass is 79.9. The van der Waals surface area contributed by atoms with E-state index < -0.39 is 0 Å². The molecule has 0 aliphatic rings. The fraction of sp³-hybridized carbons (Fsp3) is 0.333. The molecule has 0 spiro atoms. The highest BCUT2D eigenvalue weighted by Gasteiger charge is 2.10. The summed E-state index contributed by atoms with van der Waals surface area (Å²) < 4.78 is 7.02. The third-order valence-corrected chi connectivity index (χ3v) is 5.21. The fourth-order valence-corrected chi connectivity index (χ4v) is 3.42. The van der Waals surface area contributed by atoms with Crippen LogP contribution in [0, 0.1) is 0 Å². The molecular formula is C15H17BrClNOS. The minimum absolute atomic E-state index is 0.129. The summed E-state index contributed by atoms with van der Waals surface area (Å²) in [4.78, 5) is 1.17. The molecule has 5 heteroatoms. The van der Waals surface area contributed by atoms with Crippen LogP contribution in [0.4, 0.5) is 0 Å². The lowest BCUT2D eigenvalue weighted by Gasteiger charge is -2.14. The molecule has 0 fully saturated rings. The average molecular weight is 375 g/mol. The zero-order valence-corrected chi connectivity index (χ0v) is 14.4. The van der Waals surface area contributed by atoms with Crippen molar-refractivity contribution in [3.8, 4) is 5.75 Å². The summed E-state index contributed by atoms with van der Waals surface area (Å²) in [5, 5.41) is 2.76. The molecule has 0 saturated heterocycles. The highest BCUT2D eigenvalue weighted by molar-refractivity contribution is 9.10. The van der Waals surface area contributed by atoms with Gasteiger partial charge < -0.3 is 10.5 Å². The lowest BCUT2D eigenvalue weighted by molar-refractivity contribution is 0.305. The second-order valence-electron chi connectivity index (χ2n) is 4.60. The zero-order chi connectivity index (χ0) is 14.5. The summed E-state index contributed by atoms with van der Waals surface area (Å²) in [6, 6.07) is 7.86. The van der Waals surface area contributed by atoms with E-state index in [-0.39, 0.29) is 6.04 Å². The Kier molecular flexibility index (Phi) is 5.90. The molecule has 0 amide bonds. The smallest absolute Gasteiger partial charge is 0.124 e. The Labute approximate surface area is 137 Å². The van der Waals surface area contributed by atoms with Crippen molar-refractivity contribution in [2.45, 2.75) is 32.4 Å². The second-order valence-corrected chi connectivity index (χ2v) is 6.90. The van der Waals surface area contributed by atoms with Crippen LogP contribution in [0.25, 0.3) is 0 Å². The van der Waals surface area contributed by atoms with Crippen LogP contribution in [0.1, 0.15) is 23.8 Å². The van der Waals surface area contributed by atoms with E-state index in [0.717, 1.165) is 28.6 Å². The summed E-state index contributed by atoms with van der Waals surface area (Å²) in [6.07, 6.45) is 1.71. The Balaban J connectivity index is 2.12. The first kappa shape index (κ1) is 15.8. The summed E-state index contributed by atoms with van der Waals surface area (Å²) in [6.45, 7) is 2.63. The van der Waals surface area contributed by atoms with E-state index in [2.05, 4.69) is 22.9 Å². The van der Waals surface area contributed by atoms with Crippen molar-refractivity contribution in [2.75, 3.05) is 0 Å². The van der Waals surface area contributed by atoms with Crippen molar-refractivity contribution >= 4 is 38.9 Å². The van der Waals surface area contributed by atoms with Gasteiger partial charge in [-0.3, -0.25) is 0 Å². The van der Waals surface area contributed by atoms with E-state index in [9.17, 15) is 0 Å². The van der Waals surface area contributed by atoms with Crippen LogP contribution in [-0.4, -0.2) is 6.04 Å². The third-order valence-electron chi connectivity index (χ3n) is 3.08. The molecular weight excluding hydrogens is 358 g/mol. The number of halogens is 2. The van der Waals surface area contributed by atoms with Crippen molar-refractivity contribution < 1.29 is 4.74 Å². The minimum Gasteiger partial charge on any atom is -0.488 e. The lowest BCUT2D eigenvalue weighted by Crippen LogP contribution is -2.21. The van der Waals surface area contributed by atoms with Gasteiger partial charge in [0, 0.05) is 15.5 Å². The second kappa shape index (κ2) is 7.46. The highest BCUT2D eigenvalue weighted by Crippen LogP contribution is 2.28. The van der Waals surface area contributed by atoms with E-state index in [4.69, 9.17) is 22.1 Å². The Morgan fingerprint density at radius 1 is 1.40 bits per heavy atom. The van der Waals surface area contributed by atoms with Crippen LogP contribution in [0.15, 0.2) is 34.1 Å². The molecule has 1 aromatic carbocycles. The molecule has 0 aliphatic heterocycles. The van der Waals surface area contributed by atoms with Gasteiger partial charge in [-0.25, -0.2) is 0 Å². The number of thiophene rings is 1. The van der Waals surface area contributed by atoms with Crippen LogP contribution in [0.2, 0.25) is 5.02 Å². The number of rotatable bonds is 6. The standard InChI is InChI=1S/C15H17BrClNOS/c1-2-12(18)8-10-7-11(17)3-4-14(10)19-9-15-13(16)5-6-20-15/h3-7,12H,2,8-9,18H2,1H3. The molecule has 0 saturated carbocycles. The van der Waals surface area contributed by atoms with Gasteiger partial charge in [0.25, 0.3) is 0 Å². The van der Waals surface area contributed by atoms with Crippen LogP contribution < -0.4 is 10.5 Å². The summed E-state index contributed by atoms with van der Waals surface area (Å²) in [5.41, 5.74) is 7.10. The first-order valence-corrected chi connectivity index (χ1v) is 8.54. The molecule has 2 N–H and O–H groups in total. The number of hydrogen-bond donors (Lipinski definition) is 1. The molecule has 0 radical (unpaired) electrons. The molecule has 2 rings (SSSR count). The molecule has 2 nitrogen and oxygen atoms in total. The largest absolute Gasteiger partial charge is 0.488 e. The summed E-state index contributed by atoms with van der Waals surface area (Å²) >= 11 is 11.3. The summed E-state index contributed by atoms with van der Waals surface area (Å²) in [5.74, 6) is 0.860. The topological polar surface area (TPSA) is 35.2 Å². The van der Waals surface area contributed by atoms with Gasteiger partial charge in [0.05, 0.1) is 4.88 Å². The van der Waals surface area contributed by atoms with Crippen molar-refractivity contribution in [3.05, 3.63) is 49.6 Å². The molecule has 1 heterocycles. The van der Waals surface area contributed by atoms with E-state index in [0.29, 0.717) is 11.6 Å². The Bertz CT molecular complexity index is 573. The molecule has 2 aromatic rings. The zero-order valence-electron chi connectivity index (χ0n) is 11.2. The van der Waals surface area contributed by atoms with Gasteiger partial charge in [0.1, 0.15) is 12.4 Å². The maximum Gasteiger partial charge on any atom is 0.124 e. The van der Waals surface area contributed by atoms with Gasteiger partial charge in [0.2, 0.25) is 0 Å². The predicted molar refractivity (Wildman–Crippen MR) is 89.8 cm³/mol. The van der Waals surface area contributed by atoms with E-state index in [1.54, 1.807) is 11.3 Å². The maximum absolute atomic E-state index is 6.07. The number of benzene rings is 1. The molecule has 108 valence electrons. The molecule has 20 heavy (non-hydrogen) atoms. The monoisotopic (exact) mass is 373 g/mol. The Hall–Kier alpha value is -0.550. The van der Waals surface area contributed by atoms with E-state index in [1.165, 1.54) is 4.88 Å². The fourth-order valence-electron chi connectivity index (χ4n) is 1.85. The molecule has 1 atom stereocenters. The van der Waals surface area contributed by atoms with Crippen molar-refractivity contribution in [2.24, 2.45) is 5.73 Å². The number of nitrogens with two attached hydrogens (primary N) is 1. The molecule has 0 bridgehead atoms. The van der Waals surface area contributed by atoms with Gasteiger partial charge in [0.15, 0.2) is 0 Å². The van der Waals surface area contributed by atoms with Crippen molar-refractivity contribution in [1.82, 2.24) is 0 Å². The predicted octanol–water partition coefficient (Wildman–Crippen LogP) is 5.02. The van der Waals surface area contributed by atoms with Crippen molar-refractivity contribution in [3.63, 3.8) is 0 Å². The summed E-state index contributed by atoms with van der Waals surface area (Å²) in [7, 11) is 0. The maximum atomic E-state index is 6.07. The van der Waals surface area contributed by atoms with Gasteiger partial charge in [-0.1, -0.05) is 18.5 Å². The molecule has 1 unspecified atom stereocenters. The molecule has 0 aliphatic carbocycles. The first-order valence-electron chi connectivity index (χ1n) is 6.48. The lowest BCUT2D eigenvalue weighted by atomic mass is 10.0. The van der Waals surface area contributed by atoms with Crippen LogP contribution in [-0.2, 0) is 13.0 Å². The normalized spacial score (nSPS) is 12.4. The van der Waals surface area contributed by atoms with Crippen molar-refractivity contribution in [1.29, 1.82) is 0 Å². The van der Waals surface area contributed by atoms with E-state index in [1.807, 2.05) is 29.6 Å². The van der Waals surface area contributed by atoms with Crippen LogP contribution in [0.5, 0.6) is 5.75 Å². The van der Waals surface area contributed by atoms with Crippen LogP contribution >= 0.6 is 38.9 Å². The number of ether oxygens (including phenoxy) is 1. The number of hydrogen-bond acceptors (Lipinski definition) is 3. The average Bonchev–Trinajstić information content (AvgIpc) is 2.83. The SMILES string of the molecule is CCC(N)Cc1cc(Cl)ccc1OCc1sccc1Br. The first-order chi connectivity index (χ1) is 9.60. The Morgan fingerprint density at radius 3 is 2.85 bits per heavy atom. The van der Waals surface area contributed by atoms with Gasteiger partial charge in [-0.2, -0.15) is 0 Å².